The van der Waals surface area contributed by atoms with Gasteiger partial charge in [0, 0.05) is 25.3 Å². The lowest BCUT2D eigenvalue weighted by Crippen LogP contribution is -2.32. The molecule has 12 heteroatoms. The maximum absolute atomic E-state index is 13.5. The van der Waals surface area contributed by atoms with E-state index in [0.717, 1.165) is 24.0 Å². The highest BCUT2D eigenvalue weighted by Crippen LogP contribution is 2.15. The van der Waals surface area contributed by atoms with Gasteiger partial charge in [-0.05, 0) is 54.1 Å². The van der Waals surface area contributed by atoms with E-state index in [4.69, 9.17) is 4.42 Å². The molecule has 0 aliphatic rings. The van der Waals surface area contributed by atoms with Gasteiger partial charge in [-0.1, -0.05) is 18.2 Å². The number of furan rings is 1. The lowest BCUT2D eigenvalue weighted by molar-refractivity contribution is -0.117. The number of benzene rings is 2. The Bertz CT molecular complexity index is 1400. The lowest BCUT2D eigenvalue weighted by atomic mass is 10.1. The normalized spacial score (nSPS) is 11.9. The molecule has 0 atom stereocenters. The van der Waals surface area contributed by atoms with Crippen molar-refractivity contribution in [1.29, 1.82) is 0 Å². The molecule has 0 spiro atoms. The Morgan fingerprint density at radius 1 is 1.09 bits per heavy atom. The summed E-state index contributed by atoms with van der Waals surface area (Å²) in [5, 5.41) is 5.29. The van der Waals surface area contributed by atoms with Gasteiger partial charge < -0.3 is 19.2 Å². The zero-order valence-corrected chi connectivity index (χ0v) is 19.4. The third kappa shape index (κ3) is 7.09. The number of amides is 2. The van der Waals surface area contributed by atoms with Crippen LogP contribution in [0.2, 0.25) is 0 Å². The molecule has 0 saturated heterocycles. The molecule has 3 aromatic rings. The Morgan fingerprint density at radius 3 is 2.40 bits per heavy atom. The number of halogens is 1. The van der Waals surface area contributed by atoms with Crippen LogP contribution < -0.4 is 15.6 Å². The molecule has 35 heavy (non-hydrogen) atoms. The van der Waals surface area contributed by atoms with Crippen molar-refractivity contribution in [2.75, 3.05) is 19.0 Å². The second-order valence-corrected chi connectivity index (χ2v) is 8.63. The number of nitrogens with zero attached hydrogens (tertiary/aromatic N) is 2. The Hall–Kier alpha value is -4.29. The fourth-order valence-corrected chi connectivity index (χ4v) is 3.20. The molecule has 0 aliphatic carbocycles. The largest absolute Gasteiger partial charge is 0.742 e. The second-order valence-electron chi connectivity index (χ2n) is 7.32. The van der Waals surface area contributed by atoms with Crippen molar-refractivity contribution in [1.82, 2.24) is 10.7 Å². The Balaban J connectivity index is 1.82. The van der Waals surface area contributed by atoms with E-state index < -0.39 is 32.8 Å². The molecule has 0 radical (unpaired) electrons. The standard InChI is InChI=1S/C23H21FN4O6S/c1-28(2)18-8-6-15(7-9-18)12-20(26-22(29)16-4-3-5-17(24)13-16)23(30)27-25-14-19-10-11-21(34-19)35(31,32)33/h3-14H,1-2H3,(H,26,29)(H,27,30)(H,31,32,33)/p-1/b20-12+,25-14+. The molecule has 0 unspecified atom stereocenters. The third-order valence-electron chi connectivity index (χ3n) is 4.51. The van der Waals surface area contributed by atoms with Crippen molar-refractivity contribution in [2.45, 2.75) is 5.09 Å². The first-order chi connectivity index (χ1) is 16.5. The molecule has 0 saturated carbocycles. The Morgan fingerprint density at radius 2 is 1.80 bits per heavy atom. The fraction of sp³-hybridized carbons (Fsp3) is 0.0870. The highest BCUT2D eigenvalue weighted by atomic mass is 32.2. The van der Waals surface area contributed by atoms with Gasteiger partial charge >= 0.3 is 0 Å². The molecule has 3 rings (SSSR count). The number of hydrogen-bond donors (Lipinski definition) is 2. The average Bonchev–Trinajstić information content (AvgIpc) is 3.28. The molecular weight excluding hydrogens is 479 g/mol. The molecule has 2 amide bonds. The second kappa shape index (κ2) is 10.8. The first kappa shape index (κ1) is 25.3. The zero-order valence-electron chi connectivity index (χ0n) is 18.6. The van der Waals surface area contributed by atoms with Crippen LogP contribution in [-0.4, -0.2) is 45.1 Å². The van der Waals surface area contributed by atoms with E-state index in [0.29, 0.717) is 5.56 Å². The van der Waals surface area contributed by atoms with E-state index in [9.17, 15) is 27.0 Å². The van der Waals surface area contributed by atoms with Crippen LogP contribution in [-0.2, 0) is 14.9 Å². The monoisotopic (exact) mass is 499 g/mol. The van der Waals surface area contributed by atoms with Crippen LogP contribution in [0.4, 0.5) is 10.1 Å². The summed E-state index contributed by atoms with van der Waals surface area (Å²) in [6.07, 6.45) is 2.38. The topological polar surface area (TPSA) is 144 Å². The summed E-state index contributed by atoms with van der Waals surface area (Å²) in [6.45, 7) is 0. The molecule has 0 aliphatic heterocycles. The number of nitrogens with one attached hydrogen (secondary N) is 2. The maximum atomic E-state index is 13.5. The van der Waals surface area contributed by atoms with Gasteiger partial charge in [-0.2, -0.15) is 5.10 Å². The van der Waals surface area contributed by atoms with Gasteiger partial charge in [0.1, 0.15) is 17.3 Å². The minimum atomic E-state index is -4.77. The summed E-state index contributed by atoms with van der Waals surface area (Å²) < 4.78 is 51.2. The van der Waals surface area contributed by atoms with Crippen LogP contribution in [0.25, 0.3) is 6.08 Å². The number of carbonyl (C=O) groups is 2. The minimum absolute atomic E-state index is 0.00269. The van der Waals surface area contributed by atoms with Gasteiger partial charge in [-0.15, -0.1) is 0 Å². The van der Waals surface area contributed by atoms with Crippen LogP contribution in [0, 0.1) is 5.82 Å². The zero-order chi connectivity index (χ0) is 25.6. The Kier molecular flexibility index (Phi) is 7.79. The summed E-state index contributed by atoms with van der Waals surface area (Å²) in [5.41, 5.74) is 3.47. The highest BCUT2D eigenvalue weighted by Gasteiger charge is 2.15. The van der Waals surface area contributed by atoms with Crippen molar-refractivity contribution in [3.8, 4) is 0 Å². The SMILES string of the molecule is CN(C)c1ccc(/C=C(/NC(=O)c2cccc(F)c2)C(=O)N/N=C/c2ccc(S(=O)(=O)[O-])o2)cc1. The molecule has 1 heterocycles. The Labute approximate surface area is 200 Å². The first-order valence-corrected chi connectivity index (χ1v) is 11.4. The molecule has 0 fully saturated rings. The number of rotatable bonds is 8. The molecule has 2 aromatic carbocycles. The van der Waals surface area contributed by atoms with Crippen LogP contribution in [0.5, 0.6) is 0 Å². The van der Waals surface area contributed by atoms with Gasteiger partial charge in [0.2, 0.25) is 5.09 Å². The molecule has 1 aromatic heterocycles. The van der Waals surface area contributed by atoms with Crippen LogP contribution >= 0.6 is 0 Å². The fourth-order valence-electron chi connectivity index (χ4n) is 2.77. The van der Waals surface area contributed by atoms with Crippen LogP contribution in [0.15, 0.2) is 81.0 Å². The number of carbonyl (C=O) groups excluding carboxylic acids is 2. The minimum Gasteiger partial charge on any atom is -0.742 e. The van der Waals surface area contributed by atoms with Crippen LogP contribution in [0.1, 0.15) is 21.7 Å². The van der Waals surface area contributed by atoms with Gasteiger partial charge in [0.05, 0.1) is 6.21 Å². The summed E-state index contributed by atoms with van der Waals surface area (Å²) in [7, 11) is -1.03. The van der Waals surface area contributed by atoms with Gasteiger partial charge in [0.25, 0.3) is 11.8 Å². The predicted octanol–water partition coefficient (Wildman–Crippen LogP) is 2.31. The summed E-state index contributed by atoms with van der Waals surface area (Å²) in [4.78, 5) is 27.2. The number of hydrazone groups is 1. The van der Waals surface area contributed by atoms with Crippen molar-refractivity contribution in [3.63, 3.8) is 0 Å². The van der Waals surface area contributed by atoms with Gasteiger partial charge in [-0.25, -0.2) is 18.2 Å². The van der Waals surface area contributed by atoms with Crippen molar-refractivity contribution < 1.29 is 31.4 Å². The molecule has 2 N–H and O–H groups in total. The smallest absolute Gasteiger partial charge is 0.287 e. The van der Waals surface area contributed by atoms with Gasteiger partial charge in [-0.3, -0.25) is 9.59 Å². The summed E-state index contributed by atoms with van der Waals surface area (Å²) in [6, 6.07) is 14.2. The highest BCUT2D eigenvalue weighted by molar-refractivity contribution is 7.85. The number of hydrogen-bond acceptors (Lipinski definition) is 8. The summed E-state index contributed by atoms with van der Waals surface area (Å²) in [5.74, 6) is -2.27. The molecular formula is C23H20FN4O6S-. The van der Waals surface area contributed by atoms with E-state index in [1.54, 1.807) is 12.1 Å². The first-order valence-electron chi connectivity index (χ1n) is 9.98. The van der Waals surface area contributed by atoms with Gasteiger partial charge in [0.15, 0.2) is 10.1 Å². The average molecular weight is 500 g/mol. The molecule has 0 bridgehead atoms. The van der Waals surface area contributed by atoms with E-state index in [-0.39, 0.29) is 17.0 Å². The van der Waals surface area contributed by atoms with E-state index >= 15 is 0 Å². The third-order valence-corrected chi connectivity index (χ3v) is 5.22. The van der Waals surface area contributed by atoms with Crippen molar-refractivity contribution >= 4 is 39.9 Å². The quantitative estimate of drug-likeness (QED) is 0.209. The summed E-state index contributed by atoms with van der Waals surface area (Å²) >= 11 is 0. The maximum Gasteiger partial charge on any atom is 0.287 e. The van der Waals surface area contributed by atoms with E-state index in [1.807, 2.05) is 31.1 Å². The lowest BCUT2D eigenvalue weighted by Gasteiger charge is -2.12. The number of anilines is 1. The van der Waals surface area contributed by atoms with E-state index in [1.165, 1.54) is 30.3 Å². The van der Waals surface area contributed by atoms with Crippen molar-refractivity contribution in [2.24, 2.45) is 5.10 Å². The molecule has 182 valence electrons. The van der Waals surface area contributed by atoms with Crippen LogP contribution in [0.3, 0.4) is 0 Å². The van der Waals surface area contributed by atoms with E-state index in [2.05, 4.69) is 15.8 Å². The van der Waals surface area contributed by atoms with Crippen molar-refractivity contribution in [3.05, 3.63) is 89.1 Å². The molecule has 10 nitrogen and oxygen atoms in total. The predicted molar refractivity (Wildman–Crippen MR) is 125 cm³/mol.